The molecule has 1 saturated heterocycles. The van der Waals surface area contributed by atoms with E-state index in [4.69, 9.17) is 4.79 Å². The highest BCUT2D eigenvalue weighted by Crippen LogP contribution is 2.33. The van der Waals surface area contributed by atoms with Gasteiger partial charge < -0.3 is 25.4 Å². The molecule has 1 aromatic rings. The van der Waals surface area contributed by atoms with Crippen LogP contribution in [0.1, 0.15) is 51.7 Å². The van der Waals surface area contributed by atoms with Crippen LogP contribution in [0, 0.1) is 5.41 Å². The van der Waals surface area contributed by atoms with E-state index in [0.29, 0.717) is 13.0 Å². The first-order chi connectivity index (χ1) is 15.2. The molecule has 1 fully saturated rings. The zero-order valence-corrected chi connectivity index (χ0v) is 20.9. The number of nitrogens with two attached hydrogens (primary N) is 2. The van der Waals surface area contributed by atoms with Crippen LogP contribution in [0.5, 0.6) is 0 Å². The van der Waals surface area contributed by atoms with Crippen molar-refractivity contribution < 1.29 is 14.7 Å². The van der Waals surface area contributed by atoms with E-state index in [1.54, 1.807) is 4.90 Å². The molecule has 3 rings (SSSR count). The van der Waals surface area contributed by atoms with E-state index in [-0.39, 0.29) is 17.4 Å². The lowest BCUT2D eigenvalue weighted by Crippen LogP contribution is -2.32. The summed E-state index contributed by atoms with van der Waals surface area (Å²) >= 11 is 1.88. The van der Waals surface area contributed by atoms with Crippen LogP contribution in [-0.4, -0.2) is 54.8 Å². The van der Waals surface area contributed by atoms with Gasteiger partial charge >= 0.3 is 0 Å². The van der Waals surface area contributed by atoms with Gasteiger partial charge in [-0.3, -0.25) is 16.5 Å². The summed E-state index contributed by atoms with van der Waals surface area (Å²) in [5, 5.41) is 15.7. The standard InChI is InChI=1S/C12H16N2S.C10H19NO2.CH2O.H4N2/c1-9-12(15-8-14-9)11-5-3-10(4-6-11)7-13-2;1-10(2,3)6-9(13)11-5-4-8(12)7-11;2*1-2/h3-6,13-14H,7-8H2,1-2H3;8,12H,4-7H2,1-3H3;1H2;1-2H2. The van der Waals surface area contributed by atoms with Crippen molar-refractivity contribution in [3.63, 3.8) is 0 Å². The second kappa shape index (κ2) is 15.8. The highest BCUT2D eigenvalue weighted by molar-refractivity contribution is 8.08. The molecule has 8 nitrogen and oxygen atoms in total. The van der Waals surface area contributed by atoms with E-state index in [2.05, 4.69) is 74.3 Å². The number of hydrogen-bond acceptors (Lipinski definition) is 8. The van der Waals surface area contributed by atoms with Crippen molar-refractivity contribution in [2.45, 2.75) is 53.2 Å². The van der Waals surface area contributed by atoms with Gasteiger partial charge in [0.2, 0.25) is 5.91 Å². The Morgan fingerprint density at radius 2 is 1.88 bits per heavy atom. The van der Waals surface area contributed by atoms with Gasteiger partial charge in [-0.25, -0.2) is 0 Å². The third-order valence-electron chi connectivity index (χ3n) is 4.69. The number of aliphatic hydroxyl groups excluding tert-OH is 1. The summed E-state index contributed by atoms with van der Waals surface area (Å²) in [7, 11) is 1.97. The number of thioether (sulfide) groups is 1. The lowest BCUT2D eigenvalue weighted by atomic mass is 9.92. The number of carbonyl (C=O) groups excluding carboxylic acids is 2. The number of benzene rings is 1. The number of amides is 1. The van der Waals surface area contributed by atoms with Crippen molar-refractivity contribution in [3.8, 4) is 0 Å². The Kier molecular flexibility index (Phi) is 14.9. The lowest BCUT2D eigenvalue weighted by Gasteiger charge is -2.22. The number of carbonyl (C=O) groups is 2. The number of nitrogens with zero attached hydrogens (tertiary/aromatic N) is 1. The van der Waals surface area contributed by atoms with Gasteiger partial charge in [-0.2, -0.15) is 0 Å². The molecule has 0 radical (unpaired) electrons. The number of hydrazine groups is 1. The van der Waals surface area contributed by atoms with E-state index in [0.717, 1.165) is 25.4 Å². The SMILES string of the molecule is C=O.CC(C)(C)CC(=O)N1CCC(O)C1.CNCc1ccc(C2=C(C)NCS2)cc1.NN. The van der Waals surface area contributed by atoms with Crippen LogP contribution in [-0.2, 0) is 16.1 Å². The highest BCUT2D eigenvalue weighted by atomic mass is 32.2. The van der Waals surface area contributed by atoms with Gasteiger partial charge in [0.15, 0.2) is 0 Å². The normalized spacial score (nSPS) is 17.2. The van der Waals surface area contributed by atoms with Crippen LogP contribution >= 0.6 is 11.8 Å². The van der Waals surface area contributed by atoms with Gasteiger partial charge in [0.05, 0.1) is 12.0 Å². The molecule has 32 heavy (non-hydrogen) atoms. The first-order valence-corrected chi connectivity index (χ1v) is 11.6. The van der Waals surface area contributed by atoms with Crippen molar-refractivity contribution in [3.05, 3.63) is 41.1 Å². The quantitative estimate of drug-likeness (QED) is 0.335. The van der Waals surface area contributed by atoms with E-state index < -0.39 is 0 Å². The van der Waals surface area contributed by atoms with Crippen LogP contribution in [0.25, 0.3) is 4.91 Å². The number of β-amino-alcohol motifs (C(OH)–C–C–N with tert-alkyl or cyclic N) is 1. The molecule has 0 bridgehead atoms. The monoisotopic (exact) mass is 467 g/mol. The fourth-order valence-electron chi connectivity index (χ4n) is 3.22. The molecule has 1 aromatic carbocycles. The Balaban J connectivity index is 0.000000525. The summed E-state index contributed by atoms with van der Waals surface area (Å²) in [5.74, 6) is 9.17. The Bertz CT molecular complexity index is 705. The summed E-state index contributed by atoms with van der Waals surface area (Å²) < 4.78 is 0. The fraction of sp³-hybridized carbons (Fsp3) is 0.565. The van der Waals surface area contributed by atoms with Crippen LogP contribution < -0.4 is 22.3 Å². The summed E-state index contributed by atoms with van der Waals surface area (Å²) in [6.07, 6.45) is 0.999. The fourth-order valence-corrected chi connectivity index (χ4v) is 4.24. The average Bonchev–Trinajstić information content (AvgIpc) is 3.39. The van der Waals surface area contributed by atoms with E-state index in [1.165, 1.54) is 21.7 Å². The van der Waals surface area contributed by atoms with Crippen molar-refractivity contribution in [2.75, 3.05) is 26.0 Å². The molecule has 182 valence electrons. The second-order valence-corrected chi connectivity index (χ2v) is 9.65. The molecule has 1 amide bonds. The maximum absolute atomic E-state index is 11.6. The number of aliphatic hydroxyl groups is 1. The van der Waals surface area contributed by atoms with Crippen LogP contribution in [0.3, 0.4) is 0 Å². The minimum absolute atomic E-state index is 0.0463. The Labute approximate surface area is 197 Å². The molecule has 0 aromatic heterocycles. The Hall–Kier alpha value is -1.91. The summed E-state index contributed by atoms with van der Waals surface area (Å²) in [4.78, 5) is 22.8. The van der Waals surface area contributed by atoms with E-state index in [1.807, 2.05) is 25.6 Å². The van der Waals surface area contributed by atoms with Crippen molar-refractivity contribution >= 4 is 29.4 Å². The zero-order valence-electron chi connectivity index (χ0n) is 20.1. The molecule has 2 aliphatic heterocycles. The Morgan fingerprint density at radius 3 is 2.28 bits per heavy atom. The molecular formula is C23H41N5O3S. The third kappa shape index (κ3) is 11.1. The molecule has 0 spiro atoms. The van der Waals surface area contributed by atoms with Crippen LogP contribution in [0.15, 0.2) is 30.0 Å². The molecule has 1 unspecified atom stereocenters. The van der Waals surface area contributed by atoms with Crippen LogP contribution in [0.4, 0.5) is 0 Å². The number of hydrogen-bond donors (Lipinski definition) is 5. The topological polar surface area (TPSA) is 134 Å². The average molecular weight is 468 g/mol. The molecule has 1 atom stereocenters. The van der Waals surface area contributed by atoms with Gasteiger partial charge in [-0.05, 0) is 36.9 Å². The molecule has 0 aliphatic carbocycles. The predicted octanol–water partition coefficient (Wildman–Crippen LogP) is 2.04. The van der Waals surface area contributed by atoms with Crippen molar-refractivity contribution in [1.29, 1.82) is 0 Å². The van der Waals surface area contributed by atoms with Gasteiger partial charge in [0.1, 0.15) is 6.79 Å². The third-order valence-corrected chi connectivity index (χ3v) is 5.81. The first-order valence-electron chi connectivity index (χ1n) is 10.6. The van der Waals surface area contributed by atoms with E-state index >= 15 is 0 Å². The van der Waals surface area contributed by atoms with E-state index in [9.17, 15) is 9.90 Å². The summed E-state index contributed by atoms with van der Waals surface area (Å²) in [6.45, 7) is 12.5. The van der Waals surface area contributed by atoms with Gasteiger partial charge in [-0.15, -0.1) is 11.8 Å². The minimum atomic E-state index is -0.302. The number of nitrogens with one attached hydrogen (secondary N) is 2. The summed E-state index contributed by atoms with van der Waals surface area (Å²) in [6, 6.07) is 8.77. The molecule has 0 saturated carbocycles. The minimum Gasteiger partial charge on any atom is -0.391 e. The molecule has 7 N–H and O–H groups in total. The maximum atomic E-state index is 11.6. The lowest BCUT2D eigenvalue weighted by molar-refractivity contribution is -0.132. The highest BCUT2D eigenvalue weighted by Gasteiger charge is 2.27. The number of likely N-dealkylation sites (tertiary alicyclic amines) is 1. The first kappa shape index (κ1) is 30.1. The largest absolute Gasteiger partial charge is 0.391 e. The Morgan fingerprint density at radius 1 is 1.28 bits per heavy atom. The molecule has 9 heteroatoms. The molecule has 2 aliphatic rings. The summed E-state index contributed by atoms with van der Waals surface area (Å²) in [5.41, 5.74) is 3.99. The van der Waals surface area contributed by atoms with Crippen molar-refractivity contribution in [2.24, 2.45) is 17.1 Å². The van der Waals surface area contributed by atoms with Crippen molar-refractivity contribution in [1.82, 2.24) is 15.5 Å². The smallest absolute Gasteiger partial charge is 0.223 e. The molecule has 2 heterocycles. The number of rotatable bonds is 4. The van der Waals surface area contributed by atoms with Gasteiger partial charge in [0, 0.05) is 36.7 Å². The molecular weight excluding hydrogens is 426 g/mol. The maximum Gasteiger partial charge on any atom is 0.223 e. The van der Waals surface area contributed by atoms with Crippen LogP contribution in [0.2, 0.25) is 0 Å². The predicted molar refractivity (Wildman–Crippen MR) is 134 cm³/mol. The van der Waals surface area contributed by atoms with Gasteiger partial charge in [0.25, 0.3) is 0 Å². The zero-order chi connectivity index (χ0) is 24.7. The second-order valence-electron chi connectivity index (χ2n) is 8.67. The number of allylic oxidation sites excluding steroid dienone is 1. The van der Waals surface area contributed by atoms with Gasteiger partial charge in [-0.1, -0.05) is 45.0 Å².